The van der Waals surface area contributed by atoms with Crippen LogP contribution in [-0.4, -0.2) is 53.7 Å². The van der Waals surface area contributed by atoms with Gasteiger partial charge in [0.25, 0.3) is 0 Å². The standard InChI is InChI=1S/C27H26N4O4/c28-16-18-4-6-21-24(15-26(32)35-25(21)13-18)31-11-9-30(10-12-31)8-2-1-3-20-17-29-23-7-5-19(27(33)34)14-22(20)23/h4-7,13-15,17,29H,1-3,8-12H2,(H,33,34). The van der Waals surface area contributed by atoms with Gasteiger partial charge in [0.05, 0.1) is 22.9 Å². The number of nitrogens with zero attached hydrogens (tertiary/aromatic N) is 3. The fourth-order valence-electron chi connectivity index (χ4n) is 4.86. The van der Waals surface area contributed by atoms with E-state index in [0.717, 1.165) is 79.5 Å². The molecule has 0 amide bonds. The van der Waals surface area contributed by atoms with Crippen LogP contribution in [0.5, 0.6) is 0 Å². The minimum absolute atomic E-state index is 0.311. The molecule has 3 heterocycles. The summed E-state index contributed by atoms with van der Waals surface area (Å²) >= 11 is 0. The lowest BCUT2D eigenvalue weighted by molar-refractivity contribution is 0.0697. The average molecular weight is 471 g/mol. The number of nitrogens with one attached hydrogen (secondary N) is 1. The highest BCUT2D eigenvalue weighted by Gasteiger charge is 2.20. The fourth-order valence-corrected chi connectivity index (χ4v) is 4.86. The zero-order valence-corrected chi connectivity index (χ0v) is 19.3. The van der Waals surface area contributed by atoms with Gasteiger partial charge in [-0.1, -0.05) is 0 Å². The number of aryl methyl sites for hydroxylation is 1. The molecular formula is C27H26N4O4. The minimum atomic E-state index is -0.908. The molecule has 1 saturated heterocycles. The van der Waals surface area contributed by atoms with E-state index in [1.165, 1.54) is 0 Å². The number of benzene rings is 2. The topological polar surface area (TPSA) is 114 Å². The molecule has 0 saturated carbocycles. The van der Waals surface area contributed by atoms with Crippen LogP contribution in [0.4, 0.5) is 5.69 Å². The summed E-state index contributed by atoms with van der Waals surface area (Å²) < 4.78 is 5.32. The second-order valence-corrected chi connectivity index (χ2v) is 8.94. The third-order valence-electron chi connectivity index (χ3n) is 6.75. The predicted molar refractivity (Wildman–Crippen MR) is 134 cm³/mol. The second-order valence-electron chi connectivity index (χ2n) is 8.94. The van der Waals surface area contributed by atoms with Gasteiger partial charge >= 0.3 is 11.6 Å². The van der Waals surface area contributed by atoms with Crippen molar-refractivity contribution in [3.63, 3.8) is 0 Å². The highest BCUT2D eigenvalue weighted by Crippen LogP contribution is 2.27. The number of hydrogen-bond donors (Lipinski definition) is 2. The van der Waals surface area contributed by atoms with E-state index in [4.69, 9.17) is 9.68 Å². The van der Waals surface area contributed by atoms with Crippen LogP contribution in [0.25, 0.3) is 21.9 Å². The third kappa shape index (κ3) is 4.77. The normalized spacial score (nSPS) is 14.4. The highest BCUT2D eigenvalue weighted by molar-refractivity contribution is 5.94. The third-order valence-corrected chi connectivity index (χ3v) is 6.75. The van der Waals surface area contributed by atoms with Gasteiger partial charge in [0, 0.05) is 54.7 Å². The Balaban J connectivity index is 1.16. The summed E-state index contributed by atoms with van der Waals surface area (Å²) in [5, 5.41) is 20.2. The van der Waals surface area contributed by atoms with Crippen LogP contribution in [-0.2, 0) is 6.42 Å². The van der Waals surface area contributed by atoms with Crippen LogP contribution < -0.4 is 10.5 Å². The van der Waals surface area contributed by atoms with Crippen molar-refractivity contribution in [2.45, 2.75) is 19.3 Å². The average Bonchev–Trinajstić information content (AvgIpc) is 3.28. The highest BCUT2D eigenvalue weighted by atomic mass is 16.4. The van der Waals surface area contributed by atoms with E-state index in [0.29, 0.717) is 16.7 Å². The summed E-state index contributed by atoms with van der Waals surface area (Å²) in [7, 11) is 0. The van der Waals surface area contributed by atoms with Crippen molar-refractivity contribution in [1.82, 2.24) is 9.88 Å². The molecule has 0 bridgehead atoms. The predicted octanol–water partition coefficient (Wildman–Crippen LogP) is 3.99. The van der Waals surface area contributed by atoms with Crippen LogP contribution in [0.2, 0.25) is 0 Å². The van der Waals surface area contributed by atoms with Gasteiger partial charge < -0.3 is 19.4 Å². The summed E-state index contributed by atoms with van der Waals surface area (Å²) in [6.45, 7) is 4.46. The van der Waals surface area contributed by atoms with Gasteiger partial charge in [0.2, 0.25) is 0 Å². The molecule has 8 heteroatoms. The maximum Gasteiger partial charge on any atom is 0.338 e. The Hall–Kier alpha value is -4.09. The van der Waals surface area contributed by atoms with Crippen molar-refractivity contribution in [3.05, 3.63) is 75.8 Å². The smallest absolute Gasteiger partial charge is 0.338 e. The molecule has 2 aromatic carbocycles. The number of carbonyl (C=O) groups is 1. The molecular weight excluding hydrogens is 444 g/mol. The SMILES string of the molecule is N#Cc1ccc2c(N3CCN(CCCCc4c[nH]c5ccc(C(=O)O)cc45)CC3)cc(=O)oc2c1. The number of aromatic amines is 1. The van der Waals surface area contributed by atoms with Crippen molar-refractivity contribution in [2.24, 2.45) is 0 Å². The van der Waals surface area contributed by atoms with Gasteiger partial charge in [-0.25, -0.2) is 9.59 Å². The zero-order chi connectivity index (χ0) is 24.4. The van der Waals surface area contributed by atoms with Gasteiger partial charge in [-0.3, -0.25) is 4.90 Å². The number of nitriles is 1. The molecule has 4 aromatic rings. The fraction of sp³-hybridized carbons (Fsp3) is 0.296. The summed E-state index contributed by atoms with van der Waals surface area (Å²) in [4.78, 5) is 31.3. The number of piperazine rings is 1. The number of carboxylic acid groups (broad SMARTS) is 1. The summed E-state index contributed by atoms with van der Waals surface area (Å²) in [6.07, 6.45) is 4.96. The van der Waals surface area contributed by atoms with Gasteiger partial charge in [0.1, 0.15) is 5.58 Å². The Morgan fingerprint density at radius 3 is 2.66 bits per heavy atom. The molecule has 0 atom stereocenters. The van der Waals surface area contributed by atoms with E-state index in [1.54, 1.807) is 30.3 Å². The summed E-state index contributed by atoms with van der Waals surface area (Å²) in [5.41, 5.74) is 3.80. The van der Waals surface area contributed by atoms with Crippen molar-refractivity contribution < 1.29 is 14.3 Å². The Morgan fingerprint density at radius 1 is 1.06 bits per heavy atom. The summed E-state index contributed by atoms with van der Waals surface area (Å²) in [5.74, 6) is -0.908. The monoisotopic (exact) mass is 470 g/mol. The van der Waals surface area contributed by atoms with Crippen molar-refractivity contribution >= 4 is 33.5 Å². The zero-order valence-electron chi connectivity index (χ0n) is 19.3. The molecule has 0 unspecified atom stereocenters. The maximum absolute atomic E-state index is 12.1. The Bertz CT molecular complexity index is 1490. The van der Waals surface area contributed by atoms with Crippen LogP contribution in [0.1, 0.15) is 34.3 Å². The minimum Gasteiger partial charge on any atom is -0.478 e. The Morgan fingerprint density at radius 2 is 1.89 bits per heavy atom. The van der Waals surface area contributed by atoms with E-state index in [9.17, 15) is 14.7 Å². The lowest BCUT2D eigenvalue weighted by Crippen LogP contribution is -2.46. The molecule has 2 aromatic heterocycles. The number of H-pyrrole nitrogens is 1. The van der Waals surface area contributed by atoms with Gasteiger partial charge in [-0.15, -0.1) is 0 Å². The van der Waals surface area contributed by atoms with Gasteiger partial charge in [-0.2, -0.15) is 5.26 Å². The molecule has 0 aliphatic carbocycles. The molecule has 1 aliphatic heterocycles. The van der Waals surface area contributed by atoms with Crippen LogP contribution in [0.3, 0.4) is 0 Å². The maximum atomic E-state index is 12.1. The van der Waals surface area contributed by atoms with E-state index in [2.05, 4.69) is 20.9 Å². The molecule has 178 valence electrons. The largest absolute Gasteiger partial charge is 0.478 e. The Kier molecular flexibility index (Phi) is 6.25. The van der Waals surface area contributed by atoms with E-state index in [1.807, 2.05) is 18.3 Å². The molecule has 0 radical (unpaired) electrons. The number of unbranched alkanes of at least 4 members (excludes halogenated alkanes) is 1. The van der Waals surface area contributed by atoms with E-state index in [-0.39, 0.29) is 0 Å². The Labute approximate surface area is 202 Å². The lowest BCUT2D eigenvalue weighted by Gasteiger charge is -2.36. The number of aromatic nitrogens is 1. The van der Waals surface area contributed by atoms with E-state index >= 15 is 0 Å². The van der Waals surface area contributed by atoms with E-state index < -0.39 is 11.6 Å². The number of hydrogen-bond acceptors (Lipinski definition) is 6. The number of fused-ring (bicyclic) bond motifs is 2. The number of rotatable bonds is 7. The van der Waals surface area contributed by atoms with Crippen molar-refractivity contribution in [2.75, 3.05) is 37.6 Å². The molecule has 5 rings (SSSR count). The molecule has 2 N–H and O–H groups in total. The summed E-state index contributed by atoms with van der Waals surface area (Å²) in [6, 6.07) is 14.0. The second kappa shape index (κ2) is 9.65. The first-order chi connectivity index (χ1) is 17.0. The number of carboxylic acids is 1. The first-order valence-electron chi connectivity index (χ1n) is 11.8. The molecule has 35 heavy (non-hydrogen) atoms. The van der Waals surface area contributed by atoms with Gasteiger partial charge in [-0.05, 0) is 67.8 Å². The molecule has 0 spiro atoms. The van der Waals surface area contributed by atoms with Crippen LogP contribution >= 0.6 is 0 Å². The lowest BCUT2D eigenvalue weighted by atomic mass is 10.0. The van der Waals surface area contributed by atoms with Gasteiger partial charge in [0.15, 0.2) is 0 Å². The number of anilines is 1. The van der Waals surface area contributed by atoms with Crippen LogP contribution in [0.15, 0.2) is 57.9 Å². The molecule has 1 fully saturated rings. The first-order valence-corrected chi connectivity index (χ1v) is 11.8. The quantitative estimate of drug-likeness (QED) is 0.310. The molecule has 1 aliphatic rings. The molecule has 8 nitrogen and oxygen atoms in total. The van der Waals surface area contributed by atoms with Crippen molar-refractivity contribution in [1.29, 1.82) is 5.26 Å². The first kappa shape index (κ1) is 22.7. The number of aromatic carboxylic acids is 1. The van der Waals surface area contributed by atoms with Crippen LogP contribution in [0, 0.1) is 11.3 Å². The van der Waals surface area contributed by atoms with Crippen molar-refractivity contribution in [3.8, 4) is 6.07 Å².